The highest BCUT2D eigenvalue weighted by Crippen LogP contribution is 2.25. The molecule has 4 heteroatoms. The van der Waals surface area contributed by atoms with Crippen molar-refractivity contribution in [1.82, 2.24) is 5.32 Å². The van der Waals surface area contributed by atoms with Gasteiger partial charge in [0.25, 0.3) is 0 Å². The van der Waals surface area contributed by atoms with Crippen LogP contribution in [0.5, 0.6) is 0 Å². The summed E-state index contributed by atoms with van der Waals surface area (Å²) in [5.41, 5.74) is 1.24. The molecule has 0 aliphatic carbocycles. The van der Waals surface area contributed by atoms with Crippen LogP contribution in [0.4, 0.5) is 5.69 Å². The van der Waals surface area contributed by atoms with Gasteiger partial charge in [0.2, 0.25) is 5.91 Å². The molecule has 2 rings (SSSR count). The Morgan fingerprint density at radius 2 is 2.29 bits per heavy atom. The molecule has 0 saturated carbocycles. The van der Waals surface area contributed by atoms with Gasteiger partial charge in [-0.25, -0.2) is 0 Å². The molecule has 21 heavy (non-hydrogen) atoms. The predicted octanol–water partition coefficient (Wildman–Crippen LogP) is 2.55. The highest BCUT2D eigenvalue weighted by atomic mass is 16.2. The Kier molecular flexibility index (Phi) is 5.35. The number of piperidine rings is 1. The first-order chi connectivity index (χ1) is 10.1. The maximum atomic E-state index is 12.5. The fourth-order valence-electron chi connectivity index (χ4n) is 2.94. The van der Waals surface area contributed by atoms with Crippen LogP contribution < -0.4 is 10.2 Å². The molecule has 0 spiro atoms. The SMILES string of the molecule is CC(CC(=O)N(C)c1ccccc1C#N)C1CCCNC1. The Balaban J connectivity index is 2.00. The predicted molar refractivity (Wildman–Crippen MR) is 83.9 cm³/mol. The smallest absolute Gasteiger partial charge is 0.227 e. The van der Waals surface area contributed by atoms with Crippen LogP contribution in [0, 0.1) is 23.2 Å². The zero-order valence-electron chi connectivity index (χ0n) is 12.8. The van der Waals surface area contributed by atoms with Crippen LogP contribution in [-0.4, -0.2) is 26.0 Å². The minimum Gasteiger partial charge on any atom is -0.316 e. The third-order valence-electron chi connectivity index (χ3n) is 4.40. The van der Waals surface area contributed by atoms with Crippen molar-refractivity contribution in [2.24, 2.45) is 11.8 Å². The van der Waals surface area contributed by atoms with Crippen LogP contribution in [0.25, 0.3) is 0 Å². The van der Waals surface area contributed by atoms with Crippen molar-refractivity contribution < 1.29 is 4.79 Å². The van der Waals surface area contributed by atoms with Crippen LogP contribution >= 0.6 is 0 Å². The van der Waals surface area contributed by atoms with E-state index < -0.39 is 0 Å². The average molecular weight is 285 g/mol. The number of nitrogens with one attached hydrogen (secondary N) is 1. The monoisotopic (exact) mass is 285 g/mol. The number of nitriles is 1. The molecule has 1 aromatic carbocycles. The van der Waals surface area contributed by atoms with Gasteiger partial charge in [0.15, 0.2) is 0 Å². The van der Waals surface area contributed by atoms with Crippen LogP contribution in [0.3, 0.4) is 0 Å². The molecular formula is C17H23N3O. The van der Waals surface area contributed by atoms with E-state index in [1.54, 1.807) is 18.0 Å². The molecule has 2 unspecified atom stereocenters. The number of para-hydroxylation sites is 1. The highest BCUT2D eigenvalue weighted by Gasteiger charge is 2.24. The van der Waals surface area contributed by atoms with E-state index in [0.29, 0.717) is 29.5 Å². The van der Waals surface area contributed by atoms with Crippen molar-refractivity contribution in [3.63, 3.8) is 0 Å². The number of amides is 1. The average Bonchev–Trinajstić information content (AvgIpc) is 2.54. The molecule has 2 atom stereocenters. The molecule has 1 aromatic rings. The summed E-state index contributed by atoms with van der Waals surface area (Å²) >= 11 is 0. The van der Waals surface area contributed by atoms with Gasteiger partial charge in [-0.05, 0) is 49.9 Å². The zero-order chi connectivity index (χ0) is 15.2. The van der Waals surface area contributed by atoms with Gasteiger partial charge in [0.1, 0.15) is 6.07 Å². The van der Waals surface area contributed by atoms with Crippen LogP contribution in [0.15, 0.2) is 24.3 Å². The lowest BCUT2D eigenvalue weighted by molar-refractivity contribution is -0.119. The number of carbonyl (C=O) groups excluding carboxylic acids is 1. The van der Waals surface area contributed by atoms with Gasteiger partial charge in [-0.2, -0.15) is 5.26 Å². The lowest BCUT2D eigenvalue weighted by Crippen LogP contribution is -2.36. The van der Waals surface area contributed by atoms with E-state index in [1.807, 2.05) is 18.2 Å². The fraction of sp³-hybridized carbons (Fsp3) is 0.529. The molecule has 1 heterocycles. The summed E-state index contributed by atoms with van der Waals surface area (Å²) in [7, 11) is 1.75. The molecular weight excluding hydrogens is 262 g/mol. The van der Waals surface area contributed by atoms with Crippen molar-refractivity contribution in [2.75, 3.05) is 25.0 Å². The van der Waals surface area contributed by atoms with Crippen LogP contribution in [-0.2, 0) is 4.79 Å². The zero-order valence-corrected chi connectivity index (χ0v) is 12.8. The molecule has 1 aliphatic rings. The Bertz CT molecular complexity index is 529. The van der Waals surface area contributed by atoms with E-state index in [2.05, 4.69) is 18.3 Å². The lowest BCUT2D eigenvalue weighted by Gasteiger charge is -2.29. The summed E-state index contributed by atoms with van der Waals surface area (Å²) in [6.45, 7) is 4.25. The van der Waals surface area contributed by atoms with Gasteiger partial charge in [-0.3, -0.25) is 4.79 Å². The van der Waals surface area contributed by atoms with Gasteiger partial charge in [-0.1, -0.05) is 19.1 Å². The summed E-state index contributed by atoms with van der Waals surface area (Å²) in [5, 5.41) is 12.5. The number of benzene rings is 1. The highest BCUT2D eigenvalue weighted by molar-refractivity contribution is 5.94. The van der Waals surface area contributed by atoms with E-state index >= 15 is 0 Å². The standard InChI is InChI=1S/C17H23N3O/c1-13(15-7-5-9-19-12-15)10-17(21)20(2)16-8-4-3-6-14(16)11-18/h3-4,6,8,13,15,19H,5,7,9-10,12H2,1-2H3. The molecule has 4 nitrogen and oxygen atoms in total. The number of hydrogen-bond donors (Lipinski definition) is 1. The maximum absolute atomic E-state index is 12.5. The summed E-state index contributed by atoms with van der Waals surface area (Å²) in [6.07, 6.45) is 2.92. The normalized spacial score (nSPS) is 19.6. The molecule has 1 N–H and O–H groups in total. The van der Waals surface area contributed by atoms with Crippen molar-refractivity contribution in [2.45, 2.75) is 26.2 Å². The first-order valence-corrected chi connectivity index (χ1v) is 7.60. The van der Waals surface area contributed by atoms with Gasteiger partial charge in [-0.15, -0.1) is 0 Å². The largest absolute Gasteiger partial charge is 0.316 e. The van der Waals surface area contributed by atoms with E-state index in [1.165, 1.54) is 12.8 Å². The second-order valence-corrected chi connectivity index (χ2v) is 5.87. The number of rotatable bonds is 4. The van der Waals surface area contributed by atoms with E-state index in [-0.39, 0.29) is 5.91 Å². The van der Waals surface area contributed by atoms with Crippen LogP contribution in [0.1, 0.15) is 31.7 Å². The third kappa shape index (κ3) is 3.83. The summed E-state index contributed by atoms with van der Waals surface area (Å²) in [5.74, 6) is 1.01. The van der Waals surface area contributed by atoms with E-state index in [9.17, 15) is 4.79 Å². The number of hydrogen-bond acceptors (Lipinski definition) is 3. The first-order valence-electron chi connectivity index (χ1n) is 7.60. The maximum Gasteiger partial charge on any atom is 0.227 e. The molecule has 0 radical (unpaired) electrons. The fourth-order valence-corrected chi connectivity index (χ4v) is 2.94. The Morgan fingerprint density at radius 3 is 2.95 bits per heavy atom. The van der Waals surface area contributed by atoms with Crippen molar-refractivity contribution >= 4 is 11.6 Å². The van der Waals surface area contributed by atoms with E-state index in [4.69, 9.17) is 5.26 Å². The minimum absolute atomic E-state index is 0.0794. The second-order valence-electron chi connectivity index (χ2n) is 5.87. The van der Waals surface area contributed by atoms with Crippen LogP contribution in [0.2, 0.25) is 0 Å². The lowest BCUT2D eigenvalue weighted by atomic mass is 9.85. The molecule has 0 aromatic heterocycles. The van der Waals surface area contributed by atoms with Gasteiger partial charge in [0, 0.05) is 13.5 Å². The Morgan fingerprint density at radius 1 is 1.52 bits per heavy atom. The first kappa shape index (κ1) is 15.5. The minimum atomic E-state index is 0.0794. The molecule has 112 valence electrons. The quantitative estimate of drug-likeness (QED) is 0.925. The van der Waals surface area contributed by atoms with Gasteiger partial charge < -0.3 is 10.2 Å². The molecule has 1 fully saturated rings. The topological polar surface area (TPSA) is 56.1 Å². The number of anilines is 1. The van der Waals surface area contributed by atoms with Crippen molar-refractivity contribution in [1.29, 1.82) is 5.26 Å². The summed E-state index contributed by atoms with van der Waals surface area (Å²) in [4.78, 5) is 14.1. The van der Waals surface area contributed by atoms with Crippen molar-refractivity contribution in [3.8, 4) is 6.07 Å². The third-order valence-corrected chi connectivity index (χ3v) is 4.40. The summed E-state index contributed by atoms with van der Waals surface area (Å²) in [6, 6.07) is 9.38. The second kappa shape index (κ2) is 7.24. The molecule has 0 bridgehead atoms. The number of carbonyl (C=O) groups is 1. The molecule has 1 amide bonds. The number of nitrogens with zero attached hydrogens (tertiary/aromatic N) is 2. The van der Waals surface area contributed by atoms with Crippen molar-refractivity contribution in [3.05, 3.63) is 29.8 Å². The molecule has 1 aliphatic heterocycles. The van der Waals surface area contributed by atoms with Gasteiger partial charge >= 0.3 is 0 Å². The molecule has 1 saturated heterocycles. The van der Waals surface area contributed by atoms with Gasteiger partial charge in [0.05, 0.1) is 11.3 Å². The van der Waals surface area contributed by atoms with E-state index in [0.717, 1.165) is 13.1 Å². The Labute approximate surface area is 126 Å². The Hall–Kier alpha value is -1.86. The summed E-state index contributed by atoms with van der Waals surface area (Å²) < 4.78 is 0.